The van der Waals surface area contributed by atoms with E-state index in [-0.39, 0.29) is 29.8 Å². The molecule has 0 radical (unpaired) electrons. The topological polar surface area (TPSA) is 78.7 Å². The van der Waals surface area contributed by atoms with Crippen molar-refractivity contribution in [3.63, 3.8) is 0 Å². The zero-order chi connectivity index (χ0) is 46.0. The van der Waals surface area contributed by atoms with Crippen LogP contribution >= 0.6 is 21.6 Å². The zero-order valence-electron chi connectivity index (χ0n) is 39.6. The summed E-state index contributed by atoms with van der Waals surface area (Å²) in [4.78, 5) is 31.3. The van der Waals surface area contributed by atoms with E-state index in [1.165, 1.54) is 0 Å². The van der Waals surface area contributed by atoms with E-state index in [2.05, 4.69) is 11.8 Å². The summed E-state index contributed by atoms with van der Waals surface area (Å²) in [5, 5.41) is 20.7. The van der Waals surface area contributed by atoms with Crippen LogP contribution in [0.1, 0.15) is 156 Å². The molecule has 0 saturated heterocycles. The first kappa shape index (κ1) is 32.5. The van der Waals surface area contributed by atoms with Crippen LogP contribution in [0.3, 0.4) is 0 Å². The predicted molar refractivity (Wildman–Crippen MR) is 279 cm³/mol. The second kappa shape index (κ2) is 8.00. The van der Waals surface area contributed by atoms with Gasteiger partial charge in [-0.2, -0.15) is 0 Å². The van der Waals surface area contributed by atoms with Gasteiger partial charge in [0, 0.05) is 105 Å². The van der Waals surface area contributed by atoms with Crippen molar-refractivity contribution in [2.45, 2.75) is 77.4 Å². The zero-order valence-corrected chi connectivity index (χ0v) is 41.2. The molecule has 18 atom stereocenters. The summed E-state index contributed by atoms with van der Waals surface area (Å²) in [5.74, 6) is 8.29. The highest BCUT2D eigenvalue weighted by molar-refractivity contribution is 8.76. The van der Waals surface area contributed by atoms with E-state index in [1.807, 2.05) is 111 Å². The van der Waals surface area contributed by atoms with Crippen molar-refractivity contribution in [3.8, 4) is 22.3 Å². The average Bonchev–Trinajstić information content (AvgIpc) is 1.65. The summed E-state index contributed by atoms with van der Waals surface area (Å²) < 4.78 is 6.68. The number of hydrogen-bond donors (Lipinski definition) is 0. The third-order valence-electron chi connectivity index (χ3n) is 29.2. The minimum Gasteiger partial charge on any atom is -0.465 e. The van der Waals surface area contributed by atoms with Gasteiger partial charge >= 0.3 is 5.97 Å². The van der Waals surface area contributed by atoms with Crippen molar-refractivity contribution in [3.05, 3.63) is 160 Å². The standard InChI is InChI=1S/C67H29NO5S2/c1-66-60-52-43-36-23-16-10-11-13-9-8-12(10)21(23)27-25-14(8)18-15(9)26-28-22(13)24-17(11)20-19(16)30-38-31(20)40-37(24)44-42(28)46-33(26)35-29(18)34-32(25)45(41(27)43)56(60)58-47(34)48(35)59-57(46)61-53(44)50(40)55-51(38)54(49(52)39(30)36)62(66)64(55)67(61,65(59)63(58)66)6-7(69)72-2-4-74-75-5-3-73-68(70)71/h9-10,12-13,20-21,24,26-27,31,41,45,53,61-62,64H,2-6H2,1H3. The molecule has 0 spiro atoms. The van der Waals surface area contributed by atoms with E-state index in [0.29, 0.717) is 107 Å². The van der Waals surface area contributed by atoms with E-state index in [4.69, 9.17) is 4.74 Å². The largest absolute Gasteiger partial charge is 0.465 e. The lowest BCUT2D eigenvalue weighted by atomic mass is 9.41. The molecule has 344 valence electrons. The van der Waals surface area contributed by atoms with Crippen LogP contribution in [0, 0.1) is 51.5 Å². The molecule has 27 aliphatic carbocycles. The molecule has 6 nitrogen and oxygen atoms in total. The van der Waals surface area contributed by atoms with Crippen LogP contribution in [-0.4, -0.2) is 35.8 Å². The molecular weight excluding hydrogens is 963 g/mol. The highest BCUT2D eigenvalue weighted by atomic mass is 33.1. The first-order valence-electron chi connectivity index (χ1n) is 28.9. The van der Waals surface area contributed by atoms with Crippen molar-refractivity contribution in [1.82, 2.24) is 0 Å². The molecular formula is C67H29NO5S2. The summed E-state index contributed by atoms with van der Waals surface area (Å²) in [6.07, 6.45) is 0.448. The molecule has 0 N–H and O–H groups in total. The molecule has 27 aliphatic rings. The predicted octanol–water partition coefficient (Wildman–Crippen LogP) is 10.4. The van der Waals surface area contributed by atoms with Gasteiger partial charge in [-0.05, 0) is 239 Å². The van der Waals surface area contributed by atoms with Gasteiger partial charge in [-0.1, -0.05) is 34.1 Å². The Hall–Kier alpha value is -6.09. The number of esters is 1. The number of nitrogens with zero attached hydrogens (tertiary/aromatic N) is 1. The van der Waals surface area contributed by atoms with Crippen LogP contribution in [0.5, 0.6) is 0 Å². The van der Waals surface area contributed by atoms with Crippen LogP contribution in [0.25, 0.3) is 82.8 Å². The summed E-state index contributed by atoms with van der Waals surface area (Å²) in [5.41, 5.74) is 64.8. The molecule has 5 aromatic carbocycles. The fourth-order valence-corrected chi connectivity index (χ4v) is 31.7. The first-order valence-corrected chi connectivity index (χ1v) is 31.4. The quantitative estimate of drug-likeness (QED) is 0.0338. The normalized spacial score (nSPS) is 44.0. The number of carbonyl (C=O) groups excluding carboxylic acids is 1. The monoisotopic (exact) mass is 991 g/mol. The minimum atomic E-state index is -0.712. The molecule has 1 fully saturated rings. The van der Waals surface area contributed by atoms with Crippen LogP contribution in [0.2, 0.25) is 0 Å². The third-order valence-corrected chi connectivity index (χ3v) is 31.6. The van der Waals surface area contributed by atoms with E-state index in [1.54, 1.807) is 143 Å². The van der Waals surface area contributed by atoms with Gasteiger partial charge in [-0.15, -0.1) is 10.1 Å². The number of allylic oxidation sites excluding steroid dienone is 14. The summed E-state index contributed by atoms with van der Waals surface area (Å²) >= 11 is 0. The Morgan fingerprint density at radius 2 is 1.37 bits per heavy atom. The Labute approximate surface area is 430 Å². The van der Waals surface area contributed by atoms with Crippen LogP contribution in [0.15, 0.2) is 50.2 Å². The lowest BCUT2D eigenvalue weighted by molar-refractivity contribution is -0.756. The molecule has 18 unspecified atom stereocenters. The summed E-state index contributed by atoms with van der Waals surface area (Å²) in [7, 11) is 3.20. The second-order valence-corrected chi connectivity index (χ2v) is 31.6. The lowest BCUT2D eigenvalue weighted by Crippen LogP contribution is -2.56. The van der Waals surface area contributed by atoms with Gasteiger partial charge in [-0.3, -0.25) is 4.79 Å². The van der Waals surface area contributed by atoms with E-state index >= 15 is 4.79 Å². The number of carbonyl (C=O) groups is 1. The maximum atomic E-state index is 15.8. The molecule has 0 aliphatic heterocycles. The van der Waals surface area contributed by atoms with Gasteiger partial charge < -0.3 is 9.57 Å². The highest BCUT2D eigenvalue weighted by Crippen LogP contribution is 2.97. The molecule has 32 rings (SSSR count). The van der Waals surface area contributed by atoms with Crippen LogP contribution < -0.4 is 10.4 Å². The van der Waals surface area contributed by atoms with Gasteiger partial charge in [0.05, 0.1) is 6.42 Å². The highest BCUT2D eigenvalue weighted by Gasteiger charge is 2.85. The summed E-state index contributed by atoms with van der Waals surface area (Å²) in [6.45, 7) is 3.26. The molecule has 5 aromatic rings. The van der Waals surface area contributed by atoms with Gasteiger partial charge in [0.1, 0.15) is 13.2 Å². The maximum Gasteiger partial charge on any atom is 0.306 e. The molecule has 0 bridgehead atoms. The fraction of sp³-hybridized carbons (Fsp3) is 0.358. The van der Waals surface area contributed by atoms with Gasteiger partial charge in [0.25, 0.3) is 5.09 Å². The Kier molecular flexibility index (Phi) is 3.47. The Morgan fingerprint density at radius 3 is 2.29 bits per heavy atom. The second-order valence-electron chi connectivity index (χ2n) is 28.9. The van der Waals surface area contributed by atoms with Gasteiger partial charge in [-0.25, -0.2) is 0 Å². The van der Waals surface area contributed by atoms with E-state index in [9.17, 15) is 10.1 Å². The Bertz CT molecular complexity index is 5350. The third kappa shape index (κ3) is 2.02. The summed E-state index contributed by atoms with van der Waals surface area (Å²) in [6, 6.07) is 0. The Balaban J connectivity index is 0.860. The van der Waals surface area contributed by atoms with Crippen molar-refractivity contribution in [1.29, 1.82) is 0 Å². The van der Waals surface area contributed by atoms with E-state index < -0.39 is 10.5 Å². The smallest absolute Gasteiger partial charge is 0.306 e. The molecule has 75 heavy (non-hydrogen) atoms. The minimum absolute atomic E-state index is 0.00752. The number of ether oxygens (including phenoxy) is 1. The van der Waals surface area contributed by atoms with Crippen molar-refractivity contribution >= 4 is 88.1 Å². The van der Waals surface area contributed by atoms with Crippen LogP contribution in [-0.2, 0) is 25.2 Å². The molecule has 1 saturated carbocycles. The molecule has 0 amide bonds. The molecule has 0 heterocycles. The van der Waals surface area contributed by atoms with E-state index in [0.717, 1.165) is 0 Å². The number of hydrogen-bond acceptors (Lipinski definition) is 7. The fourth-order valence-electron chi connectivity index (χ4n) is 30.1. The first-order chi connectivity index (χ1) is 37.0. The number of rotatable bonds is 10. The number of benzene rings is 5. The average molecular weight is 992 g/mol. The van der Waals surface area contributed by atoms with Crippen LogP contribution in [0.4, 0.5) is 0 Å². The van der Waals surface area contributed by atoms with Gasteiger partial charge in [0.2, 0.25) is 0 Å². The van der Waals surface area contributed by atoms with Crippen molar-refractivity contribution < 1.29 is 19.5 Å². The molecule has 0 aromatic heterocycles. The lowest BCUT2D eigenvalue weighted by Gasteiger charge is -2.60. The van der Waals surface area contributed by atoms with Gasteiger partial charge in [0.15, 0.2) is 0 Å². The van der Waals surface area contributed by atoms with Crippen molar-refractivity contribution in [2.24, 2.45) is 41.4 Å². The Morgan fingerprint density at radius 1 is 0.507 bits per heavy atom. The SMILES string of the molecule is CC12C3=C4c5c1c1c6c7c8c9c%10c6c5-c5c6c%11c%12c(c5-%10)=C5C9C9=C%10C%13C%14=C%15C%16=C%17c%18c(c%19c%20c%21c%22c%23c%24c%20c%18C%15C%24C%13=C%13C%10C5C=%12C(C%13%23)C%22C%11C(C%21=C3%19)C46)C2C%17C1(CC(=O)OCCSSCCO[N+](=O)[O-])C7C%16C%14=C98. The van der Waals surface area contributed by atoms with Crippen molar-refractivity contribution in [2.75, 3.05) is 24.7 Å². The molecule has 8 heteroatoms. The maximum absolute atomic E-state index is 15.8.